The van der Waals surface area contributed by atoms with E-state index in [0.717, 1.165) is 25.6 Å². The molecule has 1 atom stereocenters. The Morgan fingerprint density at radius 2 is 2.29 bits per heavy atom. The average molecular weight is 449 g/mol. The molecule has 24 heavy (non-hydrogen) atoms. The number of carbonyl (C=O) groups excluding carboxylic acids is 1. The molecule has 1 aromatic rings. The number of esters is 1. The van der Waals surface area contributed by atoms with Gasteiger partial charge in [-0.15, -0.1) is 24.0 Å². The molecule has 1 aromatic heterocycles. The Morgan fingerprint density at radius 1 is 1.54 bits per heavy atom. The van der Waals surface area contributed by atoms with Crippen molar-refractivity contribution < 1.29 is 13.9 Å². The van der Waals surface area contributed by atoms with E-state index in [2.05, 4.69) is 29.1 Å². The van der Waals surface area contributed by atoms with E-state index in [1.807, 2.05) is 0 Å². The van der Waals surface area contributed by atoms with Crippen LogP contribution in [0.4, 0.5) is 0 Å². The molecule has 0 spiro atoms. The van der Waals surface area contributed by atoms with Crippen molar-refractivity contribution in [2.24, 2.45) is 10.9 Å². The Morgan fingerprint density at radius 3 is 2.92 bits per heavy atom. The number of hydrogen-bond acceptors (Lipinski definition) is 4. The molecular weight excluding hydrogens is 421 g/mol. The zero-order valence-electron chi connectivity index (χ0n) is 14.9. The molecule has 2 heterocycles. The first-order chi connectivity index (χ1) is 11.0. The van der Waals surface area contributed by atoms with Crippen LogP contribution in [-0.2, 0) is 11.3 Å². The van der Waals surface area contributed by atoms with Gasteiger partial charge in [0.1, 0.15) is 23.6 Å². The van der Waals surface area contributed by atoms with Gasteiger partial charge in [0.25, 0.3) is 0 Å². The van der Waals surface area contributed by atoms with Crippen LogP contribution in [-0.4, -0.2) is 43.6 Å². The van der Waals surface area contributed by atoms with Gasteiger partial charge in [-0.3, -0.25) is 0 Å². The van der Waals surface area contributed by atoms with Gasteiger partial charge in [-0.2, -0.15) is 0 Å². The molecule has 6 nitrogen and oxygen atoms in total. The molecule has 0 saturated carbocycles. The number of furan rings is 1. The third-order valence-corrected chi connectivity index (χ3v) is 4.05. The number of halogens is 1. The van der Waals surface area contributed by atoms with Crippen LogP contribution in [0.2, 0.25) is 0 Å². The molecule has 1 saturated heterocycles. The number of piperidine rings is 1. The highest BCUT2D eigenvalue weighted by Gasteiger charge is 2.20. The van der Waals surface area contributed by atoms with Crippen LogP contribution < -0.4 is 5.32 Å². The lowest BCUT2D eigenvalue weighted by atomic mass is 10.0. The Balaban J connectivity index is 0.00000288. The minimum absolute atomic E-state index is 0. The maximum absolute atomic E-state index is 11.6. The fraction of sp³-hybridized carbons (Fsp3) is 0.647. The topological polar surface area (TPSA) is 67.1 Å². The Bertz CT molecular complexity index is 571. The van der Waals surface area contributed by atoms with E-state index in [-0.39, 0.29) is 29.9 Å². The molecule has 0 amide bonds. The highest BCUT2D eigenvalue weighted by Crippen LogP contribution is 2.18. The zero-order chi connectivity index (χ0) is 16.8. The molecule has 1 aliphatic rings. The summed E-state index contributed by atoms with van der Waals surface area (Å²) >= 11 is 0. The number of nitrogens with zero attached hydrogens (tertiary/aromatic N) is 2. The van der Waals surface area contributed by atoms with Gasteiger partial charge in [0.2, 0.25) is 0 Å². The second kappa shape index (κ2) is 9.90. The Kier molecular flexibility index (Phi) is 8.58. The second-order valence-electron chi connectivity index (χ2n) is 6.04. The van der Waals surface area contributed by atoms with Crippen molar-refractivity contribution >= 4 is 35.9 Å². The number of aryl methyl sites for hydroxylation is 1. The van der Waals surface area contributed by atoms with Gasteiger partial charge >= 0.3 is 5.97 Å². The van der Waals surface area contributed by atoms with E-state index < -0.39 is 0 Å². The summed E-state index contributed by atoms with van der Waals surface area (Å²) in [6, 6.07) is 1.72. The second-order valence-corrected chi connectivity index (χ2v) is 6.04. The predicted octanol–water partition coefficient (Wildman–Crippen LogP) is 3.19. The molecule has 136 valence electrons. The average Bonchev–Trinajstić information content (AvgIpc) is 2.91. The molecule has 1 fully saturated rings. The standard InChI is InChI=1S/C17H27N3O3.HI/c1-5-18-17(20-8-6-7-12(2)11-20)19-10-14-9-15(13(3)23-14)16(21)22-4;/h9,12H,5-8,10-11H2,1-4H3,(H,18,19);1H. The minimum Gasteiger partial charge on any atom is -0.465 e. The first kappa shape index (κ1) is 20.8. The summed E-state index contributed by atoms with van der Waals surface area (Å²) in [7, 11) is 1.37. The van der Waals surface area contributed by atoms with Gasteiger partial charge in [-0.1, -0.05) is 6.92 Å². The van der Waals surface area contributed by atoms with E-state index >= 15 is 0 Å². The van der Waals surface area contributed by atoms with Crippen LogP contribution in [0.15, 0.2) is 15.5 Å². The number of guanidine groups is 1. The minimum atomic E-state index is -0.377. The van der Waals surface area contributed by atoms with Crippen LogP contribution in [0.3, 0.4) is 0 Å². The molecule has 1 N–H and O–H groups in total. The largest absolute Gasteiger partial charge is 0.465 e. The molecule has 1 aliphatic heterocycles. The van der Waals surface area contributed by atoms with E-state index in [1.54, 1.807) is 13.0 Å². The van der Waals surface area contributed by atoms with Crippen LogP contribution in [0.5, 0.6) is 0 Å². The summed E-state index contributed by atoms with van der Waals surface area (Å²) in [5.41, 5.74) is 0.467. The highest BCUT2D eigenvalue weighted by molar-refractivity contribution is 14.0. The highest BCUT2D eigenvalue weighted by atomic mass is 127. The van der Waals surface area contributed by atoms with Gasteiger partial charge in [-0.05, 0) is 38.7 Å². The van der Waals surface area contributed by atoms with Gasteiger partial charge in [0.15, 0.2) is 5.96 Å². The predicted molar refractivity (Wildman–Crippen MR) is 105 cm³/mol. The maximum atomic E-state index is 11.6. The monoisotopic (exact) mass is 449 g/mol. The molecule has 2 rings (SSSR count). The molecule has 0 radical (unpaired) electrons. The lowest BCUT2D eigenvalue weighted by Gasteiger charge is -2.33. The van der Waals surface area contributed by atoms with Crippen LogP contribution in [0, 0.1) is 12.8 Å². The number of rotatable bonds is 4. The van der Waals surface area contributed by atoms with Crippen LogP contribution in [0.25, 0.3) is 0 Å². The van der Waals surface area contributed by atoms with Crippen molar-refractivity contribution in [3.05, 3.63) is 23.2 Å². The van der Waals surface area contributed by atoms with Gasteiger partial charge < -0.3 is 19.4 Å². The normalized spacial score (nSPS) is 18.1. The van der Waals surface area contributed by atoms with E-state index in [9.17, 15) is 4.79 Å². The number of hydrogen-bond donors (Lipinski definition) is 1. The molecule has 7 heteroatoms. The Labute approximate surface area is 161 Å². The van der Waals surface area contributed by atoms with Gasteiger partial charge in [-0.25, -0.2) is 9.79 Å². The zero-order valence-corrected chi connectivity index (χ0v) is 17.3. The summed E-state index contributed by atoms with van der Waals surface area (Å²) in [6.45, 7) is 9.39. The van der Waals surface area contributed by atoms with Crippen molar-refractivity contribution in [1.82, 2.24) is 10.2 Å². The van der Waals surface area contributed by atoms with Crippen LogP contribution in [0.1, 0.15) is 48.6 Å². The Hall–Kier alpha value is -1.25. The molecule has 0 aliphatic carbocycles. The van der Waals surface area contributed by atoms with E-state index in [0.29, 0.717) is 29.5 Å². The number of aliphatic imine (C=N–C) groups is 1. The maximum Gasteiger partial charge on any atom is 0.341 e. The number of nitrogens with one attached hydrogen (secondary N) is 1. The number of ether oxygens (including phenoxy) is 1. The number of methoxy groups -OCH3 is 1. The molecule has 0 bridgehead atoms. The number of carbonyl (C=O) groups is 1. The SMILES string of the molecule is CCNC(=NCc1cc(C(=O)OC)c(C)o1)N1CCCC(C)C1.I. The third kappa shape index (κ3) is 5.39. The molecule has 1 unspecified atom stereocenters. The van der Waals surface area contributed by atoms with Gasteiger partial charge in [0.05, 0.1) is 7.11 Å². The summed E-state index contributed by atoms with van der Waals surface area (Å²) in [5, 5.41) is 3.34. The fourth-order valence-corrected chi connectivity index (χ4v) is 2.89. The summed E-state index contributed by atoms with van der Waals surface area (Å²) < 4.78 is 10.4. The summed E-state index contributed by atoms with van der Waals surface area (Å²) in [5.74, 6) is 2.46. The summed E-state index contributed by atoms with van der Waals surface area (Å²) in [6.07, 6.45) is 2.47. The quantitative estimate of drug-likeness (QED) is 0.331. The summed E-state index contributed by atoms with van der Waals surface area (Å²) in [4.78, 5) is 18.6. The fourth-order valence-electron chi connectivity index (χ4n) is 2.89. The van der Waals surface area contributed by atoms with Crippen molar-refractivity contribution in [3.63, 3.8) is 0 Å². The van der Waals surface area contributed by atoms with Crippen molar-refractivity contribution in [3.8, 4) is 0 Å². The van der Waals surface area contributed by atoms with Crippen LogP contribution >= 0.6 is 24.0 Å². The molecule has 0 aromatic carbocycles. The van der Waals surface area contributed by atoms with Crippen molar-refractivity contribution in [2.75, 3.05) is 26.7 Å². The first-order valence-electron chi connectivity index (χ1n) is 8.26. The number of likely N-dealkylation sites (tertiary alicyclic amines) is 1. The van der Waals surface area contributed by atoms with E-state index in [1.165, 1.54) is 20.0 Å². The van der Waals surface area contributed by atoms with Crippen molar-refractivity contribution in [2.45, 2.75) is 40.2 Å². The van der Waals surface area contributed by atoms with Crippen molar-refractivity contribution in [1.29, 1.82) is 0 Å². The lowest BCUT2D eigenvalue weighted by Crippen LogP contribution is -2.46. The first-order valence-corrected chi connectivity index (χ1v) is 8.26. The molecular formula is C17H28IN3O3. The van der Waals surface area contributed by atoms with Gasteiger partial charge in [0, 0.05) is 19.6 Å². The lowest BCUT2D eigenvalue weighted by molar-refractivity contribution is 0.0599. The van der Waals surface area contributed by atoms with E-state index in [4.69, 9.17) is 9.15 Å². The third-order valence-electron chi connectivity index (χ3n) is 4.05. The smallest absolute Gasteiger partial charge is 0.341 e.